The monoisotopic (exact) mass is 285 g/mol. The fourth-order valence-electron chi connectivity index (χ4n) is 1.87. The number of nitrogens with one attached hydrogen (secondary N) is 1. The number of hydrogen-bond donors (Lipinski definition) is 1. The van der Waals surface area contributed by atoms with Gasteiger partial charge in [0.25, 0.3) is 0 Å². The lowest BCUT2D eigenvalue weighted by molar-refractivity contribution is -0.142. The Hall–Kier alpha value is -2.33. The molecule has 0 spiro atoms. The van der Waals surface area contributed by atoms with Gasteiger partial charge in [0.1, 0.15) is 17.5 Å². The molecule has 0 heterocycles. The molecule has 1 atom stereocenters. The van der Waals surface area contributed by atoms with Crippen LogP contribution in [0.5, 0.6) is 11.5 Å². The van der Waals surface area contributed by atoms with Gasteiger partial charge in [0, 0.05) is 6.54 Å². The molecule has 0 aliphatic carbocycles. The Kier molecular flexibility index (Phi) is 5.35. The Morgan fingerprint density at radius 3 is 2.52 bits per heavy atom. The highest BCUT2D eigenvalue weighted by Gasteiger charge is 2.11. The van der Waals surface area contributed by atoms with E-state index in [2.05, 4.69) is 10.1 Å². The average molecular weight is 285 g/mol. The number of carbonyl (C=O) groups is 1. The Bertz CT molecular complexity index is 584. The first-order valence-corrected chi connectivity index (χ1v) is 6.82. The number of esters is 1. The van der Waals surface area contributed by atoms with Crippen LogP contribution in [0.1, 0.15) is 12.5 Å². The van der Waals surface area contributed by atoms with Crippen molar-refractivity contribution in [3.8, 4) is 11.5 Å². The van der Waals surface area contributed by atoms with E-state index >= 15 is 0 Å². The van der Waals surface area contributed by atoms with Gasteiger partial charge < -0.3 is 14.8 Å². The van der Waals surface area contributed by atoms with E-state index in [4.69, 9.17) is 4.74 Å². The largest absolute Gasteiger partial charge is 0.468 e. The Labute approximate surface area is 124 Å². The molecule has 0 saturated carbocycles. The summed E-state index contributed by atoms with van der Waals surface area (Å²) >= 11 is 0. The molecule has 0 fully saturated rings. The second-order valence-corrected chi connectivity index (χ2v) is 4.69. The van der Waals surface area contributed by atoms with E-state index in [1.54, 1.807) is 6.92 Å². The van der Waals surface area contributed by atoms with Crippen molar-refractivity contribution in [2.75, 3.05) is 7.11 Å². The first kappa shape index (κ1) is 15.1. The van der Waals surface area contributed by atoms with Crippen molar-refractivity contribution < 1.29 is 14.3 Å². The van der Waals surface area contributed by atoms with E-state index in [0.29, 0.717) is 6.54 Å². The van der Waals surface area contributed by atoms with E-state index in [1.165, 1.54) is 7.11 Å². The van der Waals surface area contributed by atoms with Crippen molar-refractivity contribution in [1.29, 1.82) is 0 Å². The van der Waals surface area contributed by atoms with Gasteiger partial charge in [-0.3, -0.25) is 4.79 Å². The van der Waals surface area contributed by atoms with Crippen LogP contribution in [0, 0.1) is 0 Å². The van der Waals surface area contributed by atoms with Crippen LogP contribution < -0.4 is 10.1 Å². The van der Waals surface area contributed by atoms with Gasteiger partial charge in [-0.25, -0.2) is 0 Å². The van der Waals surface area contributed by atoms with Crippen LogP contribution in [-0.2, 0) is 16.1 Å². The number of para-hydroxylation sites is 1. The highest BCUT2D eigenvalue weighted by Crippen LogP contribution is 2.21. The van der Waals surface area contributed by atoms with Gasteiger partial charge in [-0.15, -0.1) is 0 Å². The summed E-state index contributed by atoms with van der Waals surface area (Å²) in [6.45, 7) is 2.35. The summed E-state index contributed by atoms with van der Waals surface area (Å²) in [7, 11) is 1.38. The lowest BCUT2D eigenvalue weighted by atomic mass is 10.2. The molecule has 0 bridgehead atoms. The molecule has 2 rings (SSSR count). The van der Waals surface area contributed by atoms with Crippen molar-refractivity contribution in [3.05, 3.63) is 60.2 Å². The summed E-state index contributed by atoms with van der Waals surface area (Å²) in [5.41, 5.74) is 1.04. The second-order valence-electron chi connectivity index (χ2n) is 4.69. The SMILES string of the molecule is COC(=O)[C@H](C)NCc1cccc(Oc2ccccc2)c1. The molecule has 4 nitrogen and oxygen atoms in total. The van der Waals surface area contributed by atoms with Crippen molar-refractivity contribution >= 4 is 5.97 Å². The summed E-state index contributed by atoms with van der Waals surface area (Å²) in [4.78, 5) is 11.3. The quantitative estimate of drug-likeness (QED) is 0.828. The zero-order chi connectivity index (χ0) is 15.1. The molecule has 110 valence electrons. The van der Waals surface area contributed by atoms with Crippen molar-refractivity contribution in [1.82, 2.24) is 5.32 Å². The van der Waals surface area contributed by atoms with Gasteiger partial charge in [0.15, 0.2) is 0 Å². The fraction of sp³-hybridized carbons (Fsp3) is 0.235. The summed E-state index contributed by atoms with van der Waals surface area (Å²) in [6, 6.07) is 17.0. The number of rotatable bonds is 6. The minimum atomic E-state index is -0.339. The van der Waals surface area contributed by atoms with E-state index in [1.807, 2.05) is 54.6 Å². The molecule has 0 aliphatic rings. The Morgan fingerprint density at radius 2 is 1.81 bits per heavy atom. The van der Waals surface area contributed by atoms with E-state index < -0.39 is 0 Å². The normalized spacial score (nSPS) is 11.7. The molecule has 2 aromatic carbocycles. The molecule has 21 heavy (non-hydrogen) atoms. The van der Waals surface area contributed by atoms with Crippen LogP contribution in [0.4, 0.5) is 0 Å². The van der Waals surface area contributed by atoms with Gasteiger partial charge in [-0.2, -0.15) is 0 Å². The summed E-state index contributed by atoms with van der Waals surface area (Å²) in [6.07, 6.45) is 0. The second kappa shape index (κ2) is 7.45. The molecule has 1 N–H and O–H groups in total. The van der Waals surface area contributed by atoms with Crippen LogP contribution in [0.2, 0.25) is 0 Å². The average Bonchev–Trinajstić information content (AvgIpc) is 2.53. The van der Waals surface area contributed by atoms with Gasteiger partial charge in [0.2, 0.25) is 0 Å². The molecular formula is C17H19NO3. The maximum atomic E-state index is 11.3. The topological polar surface area (TPSA) is 47.6 Å². The van der Waals surface area contributed by atoms with Crippen LogP contribution in [0.3, 0.4) is 0 Å². The smallest absolute Gasteiger partial charge is 0.322 e. The maximum absolute atomic E-state index is 11.3. The van der Waals surface area contributed by atoms with Gasteiger partial charge in [0.05, 0.1) is 7.11 Å². The minimum Gasteiger partial charge on any atom is -0.468 e. The highest BCUT2D eigenvalue weighted by atomic mass is 16.5. The predicted molar refractivity (Wildman–Crippen MR) is 81.3 cm³/mol. The lowest BCUT2D eigenvalue weighted by Crippen LogP contribution is -2.34. The van der Waals surface area contributed by atoms with Crippen LogP contribution in [0.25, 0.3) is 0 Å². The molecule has 0 aromatic heterocycles. The minimum absolute atomic E-state index is 0.272. The zero-order valence-electron chi connectivity index (χ0n) is 12.2. The summed E-state index contributed by atoms with van der Waals surface area (Å²) in [5, 5.41) is 3.11. The molecule has 4 heteroatoms. The molecular weight excluding hydrogens is 266 g/mol. The molecule has 0 saturated heterocycles. The van der Waals surface area contributed by atoms with Crippen molar-refractivity contribution in [3.63, 3.8) is 0 Å². The summed E-state index contributed by atoms with van der Waals surface area (Å²) < 4.78 is 10.5. The van der Waals surface area contributed by atoms with Crippen LogP contribution >= 0.6 is 0 Å². The van der Waals surface area contributed by atoms with Gasteiger partial charge >= 0.3 is 5.97 Å². The molecule has 0 unspecified atom stereocenters. The molecule has 0 amide bonds. The lowest BCUT2D eigenvalue weighted by Gasteiger charge is -2.12. The summed E-state index contributed by atoms with van der Waals surface area (Å²) in [5.74, 6) is 1.29. The van der Waals surface area contributed by atoms with Crippen LogP contribution in [0.15, 0.2) is 54.6 Å². The third-order valence-electron chi connectivity index (χ3n) is 3.04. The Morgan fingerprint density at radius 1 is 1.10 bits per heavy atom. The number of hydrogen-bond acceptors (Lipinski definition) is 4. The number of benzene rings is 2. The van der Waals surface area contributed by atoms with Gasteiger partial charge in [-0.1, -0.05) is 30.3 Å². The van der Waals surface area contributed by atoms with Crippen molar-refractivity contribution in [2.45, 2.75) is 19.5 Å². The standard InChI is InChI=1S/C17H19NO3/c1-13(17(19)20-2)18-12-14-7-6-10-16(11-14)21-15-8-4-3-5-9-15/h3-11,13,18H,12H2,1-2H3/t13-/m0/s1. The van der Waals surface area contributed by atoms with Crippen molar-refractivity contribution in [2.24, 2.45) is 0 Å². The maximum Gasteiger partial charge on any atom is 0.322 e. The Balaban J connectivity index is 1.96. The van der Waals surface area contributed by atoms with E-state index in [0.717, 1.165) is 17.1 Å². The molecule has 2 aromatic rings. The number of ether oxygens (including phenoxy) is 2. The number of methoxy groups -OCH3 is 1. The van der Waals surface area contributed by atoms with E-state index in [-0.39, 0.29) is 12.0 Å². The third kappa shape index (κ3) is 4.61. The zero-order valence-corrected chi connectivity index (χ0v) is 12.2. The predicted octanol–water partition coefficient (Wildman–Crippen LogP) is 3.13. The third-order valence-corrected chi connectivity index (χ3v) is 3.04. The fourth-order valence-corrected chi connectivity index (χ4v) is 1.87. The number of carbonyl (C=O) groups excluding carboxylic acids is 1. The molecule has 0 aliphatic heterocycles. The molecule has 0 radical (unpaired) electrons. The van der Waals surface area contributed by atoms with Gasteiger partial charge in [-0.05, 0) is 36.8 Å². The first-order valence-electron chi connectivity index (χ1n) is 6.82. The van der Waals surface area contributed by atoms with Crippen LogP contribution in [-0.4, -0.2) is 19.1 Å². The van der Waals surface area contributed by atoms with E-state index in [9.17, 15) is 4.79 Å². The first-order chi connectivity index (χ1) is 10.2. The highest BCUT2D eigenvalue weighted by molar-refractivity contribution is 5.75.